The molecule has 0 saturated heterocycles. The predicted molar refractivity (Wildman–Crippen MR) is 292 cm³/mol. The van der Waals surface area contributed by atoms with Gasteiger partial charge in [0.2, 0.25) is 0 Å². The van der Waals surface area contributed by atoms with E-state index in [9.17, 15) is 0 Å². The molecule has 0 aliphatic heterocycles. The van der Waals surface area contributed by atoms with Crippen molar-refractivity contribution in [1.29, 1.82) is 0 Å². The van der Waals surface area contributed by atoms with Crippen molar-refractivity contribution in [2.24, 2.45) is 5.92 Å². The van der Waals surface area contributed by atoms with Crippen LogP contribution in [0.25, 0.3) is 50.1 Å². The standard InChI is InChI=1S/C68H55N/c1-48-25-27-51(28-26-48)53-31-39-62(40-32-53)69(61-37-29-52(30-38-61)49-15-6-2-7-16-49)63-41-33-54(34-42-63)55-19-14-20-56(45-55)58-36-44-67-65(47-58)64-46-57(50-17-8-3-9-18-50)35-43-66(64)68(67,59-21-10-4-11-22-59)60-23-12-5-13-24-60/h2,4-8,10-25,27-39,41-48,62H,3,9,26,40H2,1H3. The van der Waals surface area contributed by atoms with E-state index in [1.807, 2.05) is 0 Å². The lowest BCUT2D eigenvalue weighted by Gasteiger charge is -2.34. The molecule has 0 heterocycles. The van der Waals surface area contributed by atoms with Crippen molar-refractivity contribution < 1.29 is 0 Å². The van der Waals surface area contributed by atoms with Gasteiger partial charge in [0.1, 0.15) is 0 Å². The number of nitrogens with zero attached hydrogens (tertiary/aromatic N) is 1. The zero-order valence-corrected chi connectivity index (χ0v) is 39.2. The number of hydrogen-bond acceptors (Lipinski definition) is 1. The molecule has 0 saturated carbocycles. The summed E-state index contributed by atoms with van der Waals surface area (Å²) in [6, 6.07) is 74.9. The summed E-state index contributed by atoms with van der Waals surface area (Å²) in [5, 5.41) is 0. The topological polar surface area (TPSA) is 3.24 Å². The van der Waals surface area contributed by atoms with Gasteiger partial charge in [-0.25, -0.2) is 0 Å². The van der Waals surface area contributed by atoms with E-state index in [0.29, 0.717) is 5.92 Å². The Kier molecular flexibility index (Phi) is 11.2. The molecule has 2 atom stereocenters. The highest BCUT2D eigenvalue weighted by Crippen LogP contribution is 2.57. The third-order valence-electron chi connectivity index (χ3n) is 14.9. The van der Waals surface area contributed by atoms with Crippen molar-refractivity contribution in [1.82, 2.24) is 0 Å². The van der Waals surface area contributed by atoms with E-state index in [-0.39, 0.29) is 6.04 Å². The first kappa shape index (κ1) is 42.4. The molecular formula is C68H55N. The van der Waals surface area contributed by atoms with Gasteiger partial charge in [0.15, 0.2) is 0 Å². The summed E-state index contributed by atoms with van der Waals surface area (Å²) in [5.74, 6) is 0.601. The van der Waals surface area contributed by atoms with Crippen LogP contribution in [-0.4, -0.2) is 6.04 Å². The van der Waals surface area contributed by atoms with Crippen LogP contribution in [0.4, 0.5) is 11.4 Å². The molecule has 0 amide bonds. The van der Waals surface area contributed by atoms with E-state index in [2.05, 4.69) is 267 Å². The van der Waals surface area contributed by atoms with Crippen LogP contribution in [0.1, 0.15) is 60.4 Å². The third kappa shape index (κ3) is 7.88. The zero-order valence-electron chi connectivity index (χ0n) is 39.2. The second-order valence-corrected chi connectivity index (χ2v) is 19.1. The number of anilines is 2. The van der Waals surface area contributed by atoms with Gasteiger partial charge in [0, 0.05) is 11.4 Å². The monoisotopic (exact) mass is 885 g/mol. The summed E-state index contributed by atoms with van der Waals surface area (Å²) in [6.45, 7) is 2.28. The first-order valence-corrected chi connectivity index (χ1v) is 24.8. The van der Waals surface area contributed by atoms with Crippen LogP contribution >= 0.6 is 0 Å². The maximum absolute atomic E-state index is 2.51. The number of allylic oxidation sites excluding steroid dienone is 10. The second kappa shape index (κ2) is 18.2. The molecular weight excluding hydrogens is 831 g/mol. The molecule has 12 rings (SSSR count). The molecule has 4 aliphatic rings. The van der Waals surface area contributed by atoms with Crippen molar-refractivity contribution in [3.8, 4) is 44.5 Å². The molecule has 1 heteroatoms. The van der Waals surface area contributed by atoms with Crippen LogP contribution in [0, 0.1) is 5.92 Å². The smallest absolute Gasteiger partial charge is 0.0713 e. The van der Waals surface area contributed by atoms with Gasteiger partial charge in [0.25, 0.3) is 0 Å². The molecule has 2 unspecified atom stereocenters. The Bertz CT molecular complexity index is 3320. The van der Waals surface area contributed by atoms with E-state index in [4.69, 9.17) is 0 Å². The van der Waals surface area contributed by atoms with Crippen LogP contribution in [0.5, 0.6) is 0 Å². The van der Waals surface area contributed by atoms with E-state index in [0.717, 1.165) is 25.7 Å². The SMILES string of the molecule is CC1C=CC(C2=CCC(N(c3ccc(-c4ccccc4)cc3)c3ccc(-c4cccc(-c5ccc6c(c5)-c5cc(C7=CCCC=C7)ccc5C6(c5ccccc5)c5ccccc5)c4)cc3)C=C2)=CC1. The average Bonchev–Trinajstić information content (AvgIpc) is 3.72. The second-order valence-electron chi connectivity index (χ2n) is 19.1. The molecule has 0 N–H and O–H groups in total. The first-order chi connectivity index (χ1) is 34.1. The van der Waals surface area contributed by atoms with E-state index >= 15 is 0 Å². The quantitative estimate of drug-likeness (QED) is 0.132. The van der Waals surface area contributed by atoms with Crippen LogP contribution in [0.2, 0.25) is 0 Å². The Morgan fingerprint density at radius 1 is 0.391 bits per heavy atom. The fourth-order valence-corrected chi connectivity index (χ4v) is 11.3. The number of fused-ring (bicyclic) bond motifs is 3. The third-order valence-corrected chi connectivity index (χ3v) is 14.9. The van der Waals surface area contributed by atoms with Gasteiger partial charge in [-0.2, -0.15) is 0 Å². The van der Waals surface area contributed by atoms with E-state index < -0.39 is 5.41 Å². The number of benzene rings is 8. The Hall–Kier alpha value is -8.00. The zero-order chi connectivity index (χ0) is 46.2. The minimum absolute atomic E-state index is 0.178. The highest BCUT2D eigenvalue weighted by atomic mass is 15.2. The largest absolute Gasteiger partial charge is 0.334 e. The van der Waals surface area contributed by atoms with Gasteiger partial charge < -0.3 is 4.90 Å². The van der Waals surface area contributed by atoms with Crippen molar-refractivity contribution >= 4 is 16.9 Å². The van der Waals surface area contributed by atoms with Gasteiger partial charge in [0.05, 0.1) is 11.5 Å². The van der Waals surface area contributed by atoms with Crippen LogP contribution in [0.3, 0.4) is 0 Å². The van der Waals surface area contributed by atoms with Crippen molar-refractivity contribution in [2.45, 2.75) is 44.1 Å². The molecule has 0 bridgehead atoms. The Balaban J connectivity index is 0.900. The van der Waals surface area contributed by atoms with Gasteiger partial charge in [-0.1, -0.05) is 219 Å². The van der Waals surface area contributed by atoms with Gasteiger partial charge in [-0.05, 0) is 163 Å². The predicted octanol–water partition coefficient (Wildman–Crippen LogP) is 17.7. The number of hydrogen-bond donors (Lipinski definition) is 0. The normalized spacial score (nSPS) is 17.6. The minimum atomic E-state index is -0.447. The molecule has 8 aromatic carbocycles. The summed E-state index contributed by atoms with van der Waals surface area (Å²) in [6.07, 6.45) is 25.4. The number of rotatable bonds is 10. The summed E-state index contributed by atoms with van der Waals surface area (Å²) in [7, 11) is 0. The molecule has 0 aromatic heterocycles. The molecule has 0 fully saturated rings. The minimum Gasteiger partial charge on any atom is -0.334 e. The summed E-state index contributed by atoms with van der Waals surface area (Å²) in [4.78, 5) is 2.51. The average molecular weight is 886 g/mol. The maximum Gasteiger partial charge on any atom is 0.0713 e. The fourth-order valence-electron chi connectivity index (χ4n) is 11.3. The Labute approximate surface area is 408 Å². The van der Waals surface area contributed by atoms with Crippen LogP contribution in [-0.2, 0) is 5.41 Å². The van der Waals surface area contributed by atoms with Crippen LogP contribution in [0.15, 0.2) is 266 Å². The van der Waals surface area contributed by atoms with Crippen LogP contribution < -0.4 is 4.90 Å². The van der Waals surface area contributed by atoms with E-state index in [1.54, 1.807) is 0 Å². The Morgan fingerprint density at radius 2 is 0.884 bits per heavy atom. The maximum atomic E-state index is 2.51. The van der Waals surface area contributed by atoms with Gasteiger partial charge in [-0.15, -0.1) is 0 Å². The summed E-state index contributed by atoms with van der Waals surface area (Å²) >= 11 is 0. The van der Waals surface area contributed by atoms with Crippen molar-refractivity contribution in [3.63, 3.8) is 0 Å². The molecule has 4 aliphatic carbocycles. The van der Waals surface area contributed by atoms with Gasteiger partial charge in [-0.3, -0.25) is 0 Å². The fraction of sp³-hybridized carbons (Fsp3) is 0.118. The summed E-state index contributed by atoms with van der Waals surface area (Å²) < 4.78 is 0. The van der Waals surface area contributed by atoms with Crippen molar-refractivity contribution in [2.75, 3.05) is 4.90 Å². The highest BCUT2D eigenvalue weighted by molar-refractivity contribution is 5.92. The lowest BCUT2D eigenvalue weighted by atomic mass is 9.67. The van der Waals surface area contributed by atoms with Crippen molar-refractivity contribution in [3.05, 3.63) is 294 Å². The highest BCUT2D eigenvalue weighted by Gasteiger charge is 2.46. The lowest BCUT2D eigenvalue weighted by molar-refractivity contribution is 0.731. The molecule has 332 valence electrons. The lowest BCUT2D eigenvalue weighted by Crippen LogP contribution is -2.30. The molecule has 1 nitrogen and oxygen atoms in total. The van der Waals surface area contributed by atoms with Gasteiger partial charge >= 0.3 is 0 Å². The van der Waals surface area contributed by atoms with E-state index in [1.165, 1.54) is 100 Å². The molecule has 0 radical (unpaired) electrons. The molecule has 0 spiro atoms. The molecule has 8 aromatic rings. The Morgan fingerprint density at radius 3 is 1.45 bits per heavy atom. The first-order valence-electron chi connectivity index (χ1n) is 24.8. The summed E-state index contributed by atoms with van der Waals surface area (Å²) in [5.41, 5.74) is 22.3. The molecule has 69 heavy (non-hydrogen) atoms.